The van der Waals surface area contributed by atoms with Gasteiger partial charge in [-0.2, -0.15) is 0 Å². The van der Waals surface area contributed by atoms with Gasteiger partial charge in [0.15, 0.2) is 0 Å². The highest BCUT2D eigenvalue weighted by atomic mass is 16.4. The van der Waals surface area contributed by atoms with Gasteiger partial charge in [-0.1, -0.05) is 24.2 Å². The van der Waals surface area contributed by atoms with Crippen LogP contribution in [0.25, 0.3) is 0 Å². The number of hydrogen-bond acceptors (Lipinski definition) is 5. The summed E-state index contributed by atoms with van der Waals surface area (Å²) in [6, 6.07) is 0. The first-order chi connectivity index (χ1) is 5.33. The second-order valence-corrected chi connectivity index (χ2v) is 1.49. The second-order valence-electron chi connectivity index (χ2n) is 1.49. The fourth-order valence-electron chi connectivity index (χ4n) is 0.310. The lowest BCUT2D eigenvalue weighted by Crippen LogP contribution is -2.09. The van der Waals surface area contributed by atoms with Crippen molar-refractivity contribution in [2.45, 2.75) is 13.8 Å². The molecule has 0 bridgehead atoms. The van der Waals surface area contributed by atoms with Gasteiger partial charge in [-0.3, -0.25) is 0 Å². The van der Waals surface area contributed by atoms with Crippen LogP contribution in [0.4, 0.5) is 0 Å². The van der Waals surface area contributed by atoms with Crippen LogP contribution in [-0.4, -0.2) is 35.9 Å². The summed E-state index contributed by atoms with van der Waals surface area (Å²) in [5, 5.41) is 23.2. The van der Waals surface area contributed by atoms with Crippen LogP contribution in [0, 0.1) is 0 Å². The van der Waals surface area contributed by atoms with E-state index in [9.17, 15) is 0 Å². The topological polar surface area (TPSA) is 77.2 Å². The van der Waals surface area contributed by atoms with Crippen molar-refractivity contribution in [3.8, 4) is 0 Å². The minimum Gasteiger partial charge on any atom is -0.411 e. The molecule has 0 rings (SSSR count). The first kappa shape index (κ1) is 12.6. The molecule has 0 saturated heterocycles. The van der Waals surface area contributed by atoms with E-state index in [0.717, 1.165) is 25.5 Å². The van der Waals surface area contributed by atoms with Gasteiger partial charge >= 0.3 is 0 Å². The van der Waals surface area contributed by atoms with Gasteiger partial charge in [-0.25, -0.2) is 0 Å². The molecule has 0 aliphatic rings. The maximum Gasteiger partial charge on any atom is 0.0877 e. The lowest BCUT2D eigenvalue weighted by atomic mass is 10.7. The SMILES string of the molecule is CCNCC.ON=CC=NO. The Balaban J connectivity index is 0. The molecule has 0 heterocycles. The van der Waals surface area contributed by atoms with Crippen LogP contribution in [-0.2, 0) is 0 Å². The maximum atomic E-state index is 7.56. The van der Waals surface area contributed by atoms with Crippen LogP contribution in [0.3, 0.4) is 0 Å². The minimum atomic E-state index is 0.944. The van der Waals surface area contributed by atoms with Crippen LogP contribution in [0.2, 0.25) is 0 Å². The summed E-state index contributed by atoms with van der Waals surface area (Å²) in [6.45, 7) is 6.39. The monoisotopic (exact) mass is 161 g/mol. The van der Waals surface area contributed by atoms with E-state index in [1.165, 1.54) is 0 Å². The molecule has 11 heavy (non-hydrogen) atoms. The zero-order chi connectivity index (χ0) is 8.95. The molecular weight excluding hydrogens is 146 g/mol. The smallest absolute Gasteiger partial charge is 0.0877 e. The lowest BCUT2D eigenvalue weighted by Gasteiger charge is -1.86. The summed E-state index contributed by atoms with van der Waals surface area (Å²) in [5.74, 6) is 0. The van der Waals surface area contributed by atoms with Crippen LogP contribution >= 0.6 is 0 Å². The largest absolute Gasteiger partial charge is 0.411 e. The Bertz CT molecular complexity index is 92.0. The number of hydrogen-bond donors (Lipinski definition) is 3. The molecule has 66 valence electrons. The fraction of sp³-hybridized carbons (Fsp3) is 0.667. The van der Waals surface area contributed by atoms with Crippen LogP contribution < -0.4 is 5.32 Å². The van der Waals surface area contributed by atoms with Gasteiger partial charge in [-0.15, -0.1) is 0 Å². The number of oxime groups is 2. The van der Waals surface area contributed by atoms with E-state index < -0.39 is 0 Å². The zero-order valence-corrected chi connectivity index (χ0v) is 6.86. The van der Waals surface area contributed by atoms with Crippen molar-refractivity contribution >= 4 is 12.4 Å². The zero-order valence-electron chi connectivity index (χ0n) is 6.86. The number of nitrogens with zero attached hydrogens (tertiary/aromatic N) is 2. The molecular formula is C6H15N3O2. The van der Waals surface area contributed by atoms with E-state index >= 15 is 0 Å². The molecule has 0 spiro atoms. The molecule has 0 aromatic heterocycles. The summed E-state index contributed by atoms with van der Waals surface area (Å²) in [5.41, 5.74) is 0. The lowest BCUT2D eigenvalue weighted by molar-refractivity contribution is 0.317. The molecule has 0 aromatic carbocycles. The molecule has 0 saturated carbocycles. The van der Waals surface area contributed by atoms with E-state index in [1.807, 2.05) is 0 Å². The predicted molar refractivity (Wildman–Crippen MR) is 44.8 cm³/mol. The van der Waals surface area contributed by atoms with Crippen molar-refractivity contribution in [1.82, 2.24) is 5.32 Å². The normalized spacial score (nSPS) is 10.0. The molecule has 3 N–H and O–H groups in total. The highest BCUT2D eigenvalue weighted by molar-refractivity contribution is 6.15. The van der Waals surface area contributed by atoms with E-state index in [4.69, 9.17) is 10.4 Å². The average molecular weight is 161 g/mol. The van der Waals surface area contributed by atoms with Crippen molar-refractivity contribution in [3.05, 3.63) is 0 Å². The molecule has 5 nitrogen and oxygen atoms in total. The third kappa shape index (κ3) is 27.9. The molecule has 0 aromatic rings. The van der Waals surface area contributed by atoms with Crippen molar-refractivity contribution in [2.24, 2.45) is 10.3 Å². The van der Waals surface area contributed by atoms with Gasteiger partial charge in [0.25, 0.3) is 0 Å². The maximum absolute atomic E-state index is 7.56. The van der Waals surface area contributed by atoms with Gasteiger partial charge < -0.3 is 15.7 Å². The molecule has 0 fully saturated rings. The molecule has 0 aliphatic heterocycles. The Morgan fingerprint density at radius 2 is 1.45 bits per heavy atom. The van der Waals surface area contributed by atoms with Gasteiger partial charge in [0, 0.05) is 0 Å². The third-order valence-electron chi connectivity index (χ3n) is 0.700. The van der Waals surface area contributed by atoms with E-state index in [0.29, 0.717) is 0 Å². The Labute approximate surface area is 66.4 Å². The molecule has 0 unspecified atom stereocenters. The second kappa shape index (κ2) is 16.0. The Kier molecular flexibility index (Phi) is 18.2. The van der Waals surface area contributed by atoms with Gasteiger partial charge in [0.05, 0.1) is 12.4 Å². The van der Waals surface area contributed by atoms with Gasteiger partial charge in [0.2, 0.25) is 0 Å². The molecule has 0 radical (unpaired) electrons. The Morgan fingerprint density at radius 1 is 1.09 bits per heavy atom. The van der Waals surface area contributed by atoms with Crippen molar-refractivity contribution in [2.75, 3.05) is 13.1 Å². The van der Waals surface area contributed by atoms with Crippen LogP contribution in [0.5, 0.6) is 0 Å². The Morgan fingerprint density at radius 3 is 1.55 bits per heavy atom. The van der Waals surface area contributed by atoms with Crippen molar-refractivity contribution < 1.29 is 10.4 Å². The molecule has 5 heteroatoms. The van der Waals surface area contributed by atoms with Gasteiger partial charge in [0.1, 0.15) is 0 Å². The molecule has 0 atom stereocenters. The number of rotatable bonds is 3. The fourth-order valence-corrected chi connectivity index (χ4v) is 0.310. The standard InChI is InChI=1S/C4H11N.C2H4N2O2/c1-3-5-4-2;5-3-1-2-4-6/h5H,3-4H2,1-2H3;1-2,5-6H. The summed E-state index contributed by atoms with van der Waals surface area (Å²) in [6.07, 6.45) is 1.89. The van der Waals surface area contributed by atoms with E-state index in [-0.39, 0.29) is 0 Å². The summed E-state index contributed by atoms with van der Waals surface area (Å²) in [7, 11) is 0. The number of nitrogens with one attached hydrogen (secondary N) is 1. The summed E-state index contributed by atoms with van der Waals surface area (Å²) in [4.78, 5) is 0. The van der Waals surface area contributed by atoms with E-state index in [2.05, 4.69) is 29.5 Å². The summed E-state index contributed by atoms with van der Waals surface area (Å²) < 4.78 is 0. The van der Waals surface area contributed by atoms with Crippen LogP contribution in [0.1, 0.15) is 13.8 Å². The van der Waals surface area contributed by atoms with Gasteiger partial charge in [-0.05, 0) is 13.1 Å². The Hall–Kier alpha value is -1.10. The predicted octanol–water partition coefficient (Wildman–Crippen LogP) is 0.522. The minimum absolute atomic E-state index is 0.944. The third-order valence-corrected chi connectivity index (χ3v) is 0.700. The quantitative estimate of drug-likeness (QED) is 0.321. The van der Waals surface area contributed by atoms with Crippen molar-refractivity contribution in [1.29, 1.82) is 0 Å². The van der Waals surface area contributed by atoms with Crippen LogP contribution in [0.15, 0.2) is 10.3 Å². The highest BCUT2D eigenvalue weighted by Gasteiger charge is 1.62. The first-order valence-electron chi connectivity index (χ1n) is 3.37. The average Bonchev–Trinajstić information content (AvgIpc) is 2.04. The van der Waals surface area contributed by atoms with Crippen molar-refractivity contribution in [3.63, 3.8) is 0 Å². The summed E-state index contributed by atoms with van der Waals surface area (Å²) >= 11 is 0. The first-order valence-corrected chi connectivity index (χ1v) is 3.37. The molecule has 0 aliphatic carbocycles. The van der Waals surface area contributed by atoms with E-state index in [1.54, 1.807) is 0 Å². The molecule has 0 amide bonds. The highest BCUT2D eigenvalue weighted by Crippen LogP contribution is 1.47.